The molecule has 130 valence electrons. The zero-order chi connectivity index (χ0) is 17.4. The number of nitrogens with zero attached hydrogens (tertiary/aromatic N) is 3. The molecule has 1 aromatic heterocycles. The highest BCUT2D eigenvalue weighted by molar-refractivity contribution is 7.90. The highest BCUT2D eigenvalue weighted by atomic mass is 32.2. The van der Waals surface area contributed by atoms with E-state index in [0.29, 0.717) is 12.2 Å². The Balaban J connectivity index is 2.23. The topological polar surface area (TPSA) is 119 Å². The smallest absolute Gasteiger partial charge is 0.267 e. The predicted octanol–water partition coefficient (Wildman–Crippen LogP) is 1.55. The summed E-state index contributed by atoms with van der Waals surface area (Å²) in [4.78, 5) is 7.88. The average Bonchev–Trinajstić information content (AvgIpc) is 2.56. The van der Waals surface area contributed by atoms with Gasteiger partial charge in [-0.2, -0.15) is 5.26 Å². The molecule has 2 rings (SSSR count). The third-order valence-corrected chi connectivity index (χ3v) is 5.13. The minimum absolute atomic E-state index is 0.0408. The first kappa shape index (κ1) is 18.0. The molecule has 1 aromatic rings. The van der Waals surface area contributed by atoms with Gasteiger partial charge in [-0.3, -0.25) is 15.3 Å². The molecule has 8 nitrogen and oxygen atoms in total. The first-order valence-corrected chi connectivity index (χ1v) is 9.48. The number of pyridine rings is 1. The van der Waals surface area contributed by atoms with E-state index in [9.17, 15) is 8.42 Å². The number of aromatic nitrogens is 1. The largest absolute Gasteiger partial charge is 0.381 e. The first-order chi connectivity index (χ1) is 11.6. The summed E-state index contributed by atoms with van der Waals surface area (Å²) in [6, 6.07) is 1.91. The zero-order valence-electron chi connectivity index (χ0n) is 13.6. The van der Waals surface area contributed by atoms with Crippen LogP contribution in [0.5, 0.6) is 0 Å². The fourth-order valence-electron chi connectivity index (χ4n) is 2.67. The van der Waals surface area contributed by atoms with E-state index in [1.165, 1.54) is 12.6 Å². The van der Waals surface area contributed by atoms with Gasteiger partial charge in [0.05, 0.1) is 5.69 Å². The Labute approximate surface area is 142 Å². The number of hydrogen-bond donors (Lipinski definition) is 3. The first-order valence-electron chi connectivity index (χ1n) is 7.99. The highest BCUT2D eigenvalue weighted by Crippen LogP contribution is 2.25. The summed E-state index contributed by atoms with van der Waals surface area (Å²) < 4.78 is 27.6. The van der Waals surface area contributed by atoms with Crippen LogP contribution in [0.4, 0.5) is 5.69 Å². The number of hydrogen-bond acceptors (Lipinski definition) is 6. The van der Waals surface area contributed by atoms with Gasteiger partial charge < -0.3 is 5.32 Å². The molecule has 0 radical (unpaired) electrons. The Morgan fingerprint density at radius 3 is 2.83 bits per heavy atom. The third kappa shape index (κ3) is 4.83. The van der Waals surface area contributed by atoms with Crippen molar-refractivity contribution in [2.75, 3.05) is 11.9 Å². The van der Waals surface area contributed by atoms with Gasteiger partial charge in [0.2, 0.25) is 5.96 Å². The SMILES string of the molecule is CCN=C(NC#N)NS(=O)(=O)c1cnccc1NC1CCCCC1. The predicted molar refractivity (Wildman–Crippen MR) is 91.8 cm³/mol. The van der Waals surface area contributed by atoms with Crippen molar-refractivity contribution in [3.63, 3.8) is 0 Å². The van der Waals surface area contributed by atoms with Gasteiger partial charge in [-0.1, -0.05) is 19.3 Å². The lowest BCUT2D eigenvalue weighted by Gasteiger charge is -2.25. The molecule has 9 heteroatoms. The second-order valence-corrected chi connectivity index (χ2v) is 7.17. The maximum Gasteiger partial charge on any atom is 0.267 e. The van der Waals surface area contributed by atoms with Crippen molar-refractivity contribution in [2.45, 2.75) is 50.0 Å². The van der Waals surface area contributed by atoms with E-state index < -0.39 is 10.0 Å². The summed E-state index contributed by atoms with van der Waals surface area (Å²) >= 11 is 0. The lowest BCUT2D eigenvalue weighted by molar-refractivity contribution is 0.462. The Hall–Kier alpha value is -2.34. The van der Waals surface area contributed by atoms with Crippen LogP contribution in [-0.2, 0) is 10.0 Å². The molecule has 0 aliphatic heterocycles. The van der Waals surface area contributed by atoms with Crippen LogP contribution in [0.15, 0.2) is 28.3 Å². The Kier molecular flexibility index (Phi) is 6.37. The minimum Gasteiger partial charge on any atom is -0.381 e. The van der Waals surface area contributed by atoms with E-state index in [1.54, 1.807) is 25.4 Å². The molecular formula is C15H22N6O2S. The summed E-state index contributed by atoms with van der Waals surface area (Å²) in [5, 5.41) is 14.2. The van der Waals surface area contributed by atoms with Crippen LogP contribution in [0, 0.1) is 11.5 Å². The number of nitrogens with one attached hydrogen (secondary N) is 3. The monoisotopic (exact) mass is 350 g/mol. The molecule has 0 aromatic carbocycles. The lowest BCUT2D eigenvalue weighted by Crippen LogP contribution is -2.39. The second-order valence-electron chi connectivity index (χ2n) is 5.52. The van der Waals surface area contributed by atoms with Gasteiger partial charge in [-0.05, 0) is 25.8 Å². The fourth-order valence-corrected chi connectivity index (χ4v) is 3.77. The number of sulfonamides is 1. The van der Waals surface area contributed by atoms with Crippen molar-refractivity contribution in [3.05, 3.63) is 18.5 Å². The van der Waals surface area contributed by atoms with E-state index in [0.717, 1.165) is 25.7 Å². The fraction of sp³-hybridized carbons (Fsp3) is 0.533. The Morgan fingerprint density at radius 2 is 2.17 bits per heavy atom. The van der Waals surface area contributed by atoms with Crippen molar-refractivity contribution < 1.29 is 8.42 Å². The molecule has 0 atom stereocenters. The summed E-state index contributed by atoms with van der Waals surface area (Å²) in [6.07, 6.45) is 10.1. The highest BCUT2D eigenvalue weighted by Gasteiger charge is 2.23. The van der Waals surface area contributed by atoms with Crippen molar-refractivity contribution >= 4 is 21.7 Å². The average molecular weight is 350 g/mol. The summed E-state index contributed by atoms with van der Waals surface area (Å²) in [5.74, 6) is -0.104. The minimum atomic E-state index is -3.90. The molecule has 1 aliphatic carbocycles. The van der Waals surface area contributed by atoms with Crippen LogP contribution in [0.25, 0.3) is 0 Å². The van der Waals surface area contributed by atoms with E-state index >= 15 is 0 Å². The van der Waals surface area contributed by atoms with E-state index in [1.807, 2.05) is 0 Å². The molecule has 0 bridgehead atoms. The Bertz CT molecular complexity index is 720. The number of nitriles is 1. The van der Waals surface area contributed by atoms with Crippen molar-refractivity contribution in [2.24, 2.45) is 4.99 Å². The maximum atomic E-state index is 12.6. The van der Waals surface area contributed by atoms with Gasteiger partial charge in [-0.15, -0.1) is 0 Å². The van der Waals surface area contributed by atoms with Crippen molar-refractivity contribution in [1.29, 1.82) is 5.26 Å². The van der Waals surface area contributed by atoms with E-state index in [-0.39, 0.29) is 16.9 Å². The molecule has 0 spiro atoms. The standard InChI is InChI=1S/C15H22N6O2S/c1-2-18-15(19-11-16)21-24(22,23)14-10-17-9-8-13(14)20-12-6-4-3-5-7-12/h8-10,12H,2-7H2,1H3,(H,17,20)(H2,18,19,21). The maximum absolute atomic E-state index is 12.6. The van der Waals surface area contributed by atoms with E-state index in [4.69, 9.17) is 5.26 Å². The van der Waals surface area contributed by atoms with Gasteiger partial charge in [-0.25, -0.2) is 13.1 Å². The second kappa shape index (κ2) is 8.49. The molecular weight excluding hydrogens is 328 g/mol. The lowest BCUT2D eigenvalue weighted by atomic mass is 9.95. The van der Waals surface area contributed by atoms with Gasteiger partial charge in [0.15, 0.2) is 6.19 Å². The summed E-state index contributed by atoms with van der Waals surface area (Å²) in [6.45, 7) is 2.08. The van der Waals surface area contributed by atoms with Gasteiger partial charge in [0.25, 0.3) is 10.0 Å². The number of guanidine groups is 1. The molecule has 24 heavy (non-hydrogen) atoms. The van der Waals surface area contributed by atoms with Crippen LogP contribution < -0.4 is 15.4 Å². The number of anilines is 1. The summed E-state index contributed by atoms with van der Waals surface area (Å²) in [5.41, 5.74) is 0.511. The molecule has 0 amide bonds. The van der Waals surface area contributed by atoms with Crippen LogP contribution in [0.2, 0.25) is 0 Å². The molecule has 1 saturated carbocycles. The van der Waals surface area contributed by atoms with Crippen molar-refractivity contribution in [3.8, 4) is 6.19 Å². The van der Waals surface area contributed by atoms with Crippen LogP contribution in [-0.4, -0.2) is 31.9 Å². The number of aliphatic imine (C=N–C) groups is 1. The molecule has 0 saturated heterocycles. The molecule has 0 unspecified atom stereocenters. The van der Waals surface area contributed by atoms with Gasteiger partial charge in [0, 0.05) is 25.0 Å². The normalized spacial score (nSPS) is 16.2. The number of rotatable bonds is 5. The van der Waals surface area contributed by atoms with Crippen LogP contribution in [0.3, 0.4) is 0 Å². The molecule has 1 fully saturated rings. The molecule has 3 N–H and O–H groups in total. The Morgan fingerprint density at radius 1 is 1.42 bits per heavy atom. The van der Waals surface area contributed by atoms with Gasteiger partial charge >= 0.3 is 0 Å². The molecule has 1 aliphatic rings. The third-order valence-electron chi connectivity index (χ3n) is 3.76. The summed E-state index contributed by atoms with van der Waals surface area (Å²) in [7, 11) is -3.90. The quantitative estimate of drug-likeness (QED) is 0.321. The van der Waals surface area contributed by atoms with Gasteiger partial charge in [0.1, 0.15) is 4.90 Å². The van der Waals surface area contributed by atoms with E-state index in [2.05, 4.69) is 25.3 Å². The van der Waals surface area contributed by atoms with Crippen molar-refractivity contribution in [1.82, 2.24) is 15.0 Å². The van der Waals surface area contributed by atoms with Crippen LogP contribution >= 0.6 is 0 Å². The van der Waals surface area contributed by atoms with Crippen LogP contribution in [0.1, 0.15) is 39.0 Å². The molecule has 1 heterocycles. The zero-order valence-corrected chi connectivity index (χ0v) is 14.4.